The molecule has 0 atom stereocenters. The first-order chi connectivity index (χ1) is 3.25. The number of rotatable bonds is 0. The van der Waals surface area contributed by atoms with E-state index in [1.54, 1.807) is 6.92 Å². The van der Waals surface area contributed by atoms with E-state index in [1.165, 1.54) is 0 Å². The molecule has 0 saturated carbocycles. The topological polar surface area (TPSA) is 0 Å². The monoisotopic (exact) mass is 133 g/mol. The van der Waals surface area contributed by atoms with Gasteiger partial charge >= 0.3 is 12.1 Å². The Morgan fingerprint density at radius 1 is 0.875 bits per heavy atom. The third-order valence-electron chi connectivity index (χ3n) is 0.415. The van der Waals surface area contributed by atoms with Gasteiger partial charge in [-0.3, -0.25) is 0 Å². The first-order valence-electron chi connectivity index (χ1n) is 1.55. The van der Waals surface area contributed by atoms with Crippen LogP contribution in [0.4, 0.5) is 22.0 Å². The molecule has 0 saturated heterocycles. The third kappa shape index (κ3) is 1.63. The highest BCUT2D eigenvalue weighted by atomic mass is 19.4. The maximum Gasteiger partial charge on any atom is 0.453 e. The van der Waals surface area contributed by atoms with Crippen LogP contribution in [0.1, 0.15) is 0 Å². The minimum absolute atomic E-state index is 1.58. The molecule has 0 bridgehead atoms. The Morgan fingerprint density at radius 2 is 1.00 bits per heavy atom. The van der Waals surface area contributed by atoms with Gasteiger partial charge in [-0.2, -0.15) is 22.0 Å². The van der Waals surface area contributed by atoms with Gasteiger partial charge in [-0.05, 0) is 0 Å². The standard InChI is InChI=1S/C3H2F5/c1-2(4,5)3(6,7)8/h1H2. The summed E-state index contributed by atoms with van der Waals surface area (Å²) in [6.45, 7) is 1.58. The smallest absolute Gasteiger partial charge is 0.196 e. The van der Waals surface area contributed by atoms with E-state index in [1.807, 2.05) is 0 Å². The van der Waals surface area contributed by atoms with Crippen LogP contribution in [0.25, 0.3) is 0 Å². The molecule has 0 aromatic carbocycles. The van der Waals surface area contributed by atoms with Gasteiger partial charge in [0.1, 0.15) is 0 Å². The van der Waals surface area contributed by atoms with Crippen LogP contribution in [0.5, 0.6) is 0 Å². The van der Waals surface area contributed by atoms with Gasteiger partial charge in [-0.1, -0.05) is 0 Å². The van der Waals surface area contributed by atoms with Crippen LogP contribution < -0.4 is 0 Å². The van der Waals surface area contributed by atoms with Crippen LogP contribution in [0.15, 0.2) is 0 Å². The quantitative estimate of drug-likeness (QED) is 0.443. The highest BCUT2D eigenvalue weighted by Crippen LogP contribution is 2.33. The molecule has 0 aliphatic carbocycles. The molecule has 8 heavy (non-hydrogen) atoms. The summed E-state index contributed by atoms with van der Waals surface area (Å²) in [6, 6.07) is 0. The molecule has 0 unspecified atom stereocenters. The number of hydrogen-bond donors (Lipinski definition) is 0. The van der Waals surface area contributed by atoms with Crippen molar-refractivity contribution in [2.24, 2.45) is 0 Å². The van der Waals surface area contributed by atoms with Crippen molar-refractivity contribution in [3.05, 3.63) is 6.92 Å². The first-order valence-corrected chi connectivity index (χ1v) is 1.55. The molecule has 0 amide bonds. The molecule has 5 heteroatoms. The third-order valence-corrected chi connectivity index (χ3v) is 0.415. The SMILES string of the molecule is [CH2]C(F)(F)C(F)(F)F. The van der Waals surface area contributed by atoms with Gasteiger partial charge in [0.15, 0.2) is 0 Å². The Balaban J connectivity index is 4.02. The highest BCUT2D eigenvalue weighted by Gasteiger charge is 2.53. The van der Waals surface area contributed by atoms with E-state index in [-0.39, 0.29) is 0 Å². The molecule has 0 aromatic rings. The van der Waals surface area contributed by atoms with Gasteiger partial charge in [0.2, 0.25) is 0 Å². The lowest BCUT2D eigenvalue weighted by atomic mass is 10.4. The van der Waals surface area contributed by atoms with Crippen molar-refractivity contribution >= 4 is 0 Å². The molecular weight excluding hydrogens is 131 g/mol. The molecule has 0 N–H and O–H groups in total. The molecular formula is C3H2F5. The molecule has 49 valence electrons. The lowest BCUT2D eigenvalue weighted by Gasteiger charge is -2.12. The Morgan fingerprint density at radius 3 is 1.00 bits per heavy atom. The van der Waals surface area contributed by atoms with Crippen molar-refractivity contribution in [3.8, 4) is 0 Å². The molecule has 1 radical (unpaired) electrons. The van der Waals surface area contributed by atoms with E-state index in [9.17, 15) is 22.0 Å². The van der Waals surface area contributed by atoms with Gasteiger partial charge < -0.3 is 0 Å². The molecule has 0 fully saturated rings. The Kier molecular flexibility index (Phi) is 1.50. The number of hydrogen-bond acceptors (Lipinski definition) is 0. The van der Waals surface area contributed by atoms with Crippen LogP contribution in [0.2, 0.25) is 0 Å². The maximum absolute atomic E-state index is 11.0. The van der Waals surface area contributed by atoms with E-state index in [0.717, 1.165) is 0 Å². The van der Waals surface area contributed by atoms with Crippen molar-refractivity contribution in [3.63, 3.8) is 0 Å². The fourth-order valence-corrected chi connectivity index (χ4v) is 0. The lowest BCUT2D eigenvalue weighted by molar-refractivity contribution is -0.260. The number of halogens is 5. The van der Waals surface area contributed by atoms with Crippen molar-refractivity contribution < 1.29 is 22.0 Å². The maximum atomic E-state index is 11.0. The highest BCUT2D eigenvalue weighted by molar-refractivity contribution is 4.77. The van der Waals surface area contributed by atoms with Gasteiger partial charge in [-0.15, -0.1) is 0 Å². The van der Waals surface area contributed by atoms with Crippen LogP contribution >= 0.6 is 0 Å². The van der Waals surface area contributed by atoms with Crippen molar-refractivity contribution in [1.82, 2.24) is 0 Å². The second-order valence-corrected chi connectivity index (χ2v) is 1.20. The zero-order valence-electron chi connectivity index (χ0n) is 3.60. The average molecular weight is 133 g/mol. The van der Waals surface area contributed by atoms with E-state index in [2.05, 4.69) is 0 Å². The average Bonchev–Trinajstić information content (AvgIpc) is 1.25. The molecule has 0 aliphatic heterocycles. The zero-order chi connectivity index (χ0) is 7.00. The lowest BCUT2D eigenvalue weighted by Crippen LogP contribution is -2.32. The molecule has 0 heterocycles. The van der Waals surface area contributed by atoms with Crippen molar-refractivity contribution in [2.75, 3.05) is 0 Å². The van der Waals surface area contributed by atoms with Crippen LogP contribution in [-0.4, -0.2) is 12.1 Å². The molecule has 0 aromatic heterocycles. The second-order valence-electron chi connectivity index (χ2n) is 1.20. The Labute approximate surface area is 42.3 Å². The fraction of sp³-hybridized carbons (Fsp3) is 0.667. The van der Waals surface area contributed by atoms with E-state index < -0.39 is 12.1 Å². The Bertz CT molecular complexity index is 62.7. The van der Waals surface area contributed by atoms with Crippen molar-refractivity contribution in [1.29, 1.82) is 0 Å². The minimum atomic E-state index is -5.51. The molecule has 0 nitrogen and oxygen atoms in total. The van der Waals surface area contributed by atoms with E-state index >= 15 is 0 Å². The van der Waals surface area contributed by atoms with Gasteiger partial charge in [-0.25, -0.2) is 0 Å². The van der Waals surface area contributed by atoms with Crippen LogP contribution in [-0.2, 0) is 0 Å². The molecule has 0 rings (SSSR count). The largest absolute Gasteiger partial charge is 0.453 e. The second kappa shape index (κ2) is 1.56. The summed E-state index contributed by atoms with van der Waals surface area (Å²) in [4.78, 5) is 0. The van der Waals surface area contributed by atoms with Gasteiger partial charge in [0.25, 0.3) is 0 Å². The summed E-state index contributed by atoms with van der Waals surface area (Å²) < 4.78 is 54.2. The molecule has 0 aliphatic rings. The predicted octanol–water partition coefficient (Wildman–Crippen LogP) is 2.02. The summed E-state index contributed by atoms with van der Waals surface area (Å²) in [5.41, 5.74) is 0. The summed E-state index contributed by atoms with van der Waals surface area (Å²) >= 11 is 0. The minimum Gasteiger partial charge on any atom is -0.196 e. The normalized spacial score (nSPS) is 14.2. The van der Waals surface area contributed by atoms with Crippen LogP contribution in [0.3, 0.4) is 0 Å². The predicted molar refractivity (Wildman–Crippen MR) is 16.4 cm³/mol. The van der Waals surface area contributed by atoms with Gasteiger partial charge in [0, 0.05) is 6.92 Å². The zero-order valence-corrected chi connectivity index (χ0v) is 3.60. The Hall–Kier alpha value is -0.350. The van der Waals surface area contributed by atoms with Gasteiger partial charge in [0.05, 0.1) is 0 Å². The fourth-order valence-electron chi connectivity index (χ4n) is 0. The summed E-state index contributed by atoms with van der Waals surface area (Å²) in [5, 5.41) is 0. The summed E-state index contributed by atoms with van der Waals surface area (Å²) in [5.74, 6) is -4.81. The summed E-state index contributed by atoms with van der Waals surface area (Å²) in [7, 11) is 0. The molecule has 0 spiro atoms. The van der Waals surface area contributed by atoms with E-state index in [0.29, 0.717) is 0 Å². The van der Waals surface area contributed by atoms with Crippen molar-refractivity contribution in [2.45, 2.75) is 12.1 Å². The summed E-state index contributed by atoms with van der Waals surface area (Å²) in [6.07, 6.45) is -5.51. The van der Waals surface area contributed by atoms with Crippen LogP contribution in [0, 0.1) is 6.92 Å². The van der Waals surface area contributed by atoms with E-state index in [4.69, 9.17) is 0 Å². The first kappa shape index (κ1) is 7.65. The number of alkyl halides is 5.